The lowest BCUT2D eigenvalue weighted by Crippen LogP contribution is -2.23. The Bertz CT molecular complexity index is 585. The van der Waals surface area contributed by atoms with Gasteiger partial charge in [0.05, 0.1) is 6.33 Å². The van der Waals surface area contributed by atoms with Crippen LogP contribution in [0.15, 0.2) is 6.33 Å². The molecule has 1 saturated carbocycles. The van der Waals surface area contributed by atoms with Crippen LogP contribution in [-0.4, -0.2) is 25.6 Å². The van der Waals surface area contributed by atoms with Gasteiger partial charge in [0, 0.05) is 12.6 Å². The molecule has 108 valence electrons. The zero-order valence-corrected chi connectivity index (χ0v) is 12.0. The van der Waals surface area contributed by atoms with Crippen LogP contribution in [0.3, 0.4) is 0 Å². The zero-order chi connectivity index (χ0) is 13.9. The summed E-state index contributed by atoms with van der Waals surface area (Å²) in [5.74, 6) is 1.10. The second-order valence-electron chi connectivity index (χ2n) is 5.52. The molecule has 0 atom stereocenters. The van der Waals surface area contributed by atoms with Crippen molar-refractivity contribution in [2.24, 2.45) is 0 Å². The van der Waals surface area contributed by atoms with E-state index in [1.54, 1.807) is 6.33 Å². The Morgan fingerprint density at radius 3 is 2.85 bits per heavy atom. The van der Waals surface area contributed by atoms with Crippen LogP contribution in [0.4, 0.5) is 11.8 Å². The molecule has 0 spiro atoms. The van der Waals surface area contributed by atoms with Crippen LogP contribution in [-0.2, 0) is 6.54 Å². The molecule has 0 amide bonds. The third-order valence-electron chi connectivity index (χ3n) is 3.89. The van der Waals surface area contributed by atoms with E-state index in [9.17, 15) is 0 Å². The Hall–Kier alpha value is -1.85. The molecule has 0 saturated heterocycles. The number of hydrogen-bond donors (Lipinski definition) is 2. The first kappa shape index (κ1) is 13.1. The summed E-state index contributed by atoms with van der Waals surface area (Å²) < 4.78 is 2.04. The molecule has 1 aliphatic carbocycles. The number of anilines is 2. The van der Waals surface area contributed by atoms with Crippen molar-refractivity contribution >= 4 is 22.9 Å². The quantitative estimate of drug-likeness (QED) is 0.895. The molecule has 20 heavy (non-hydrogen) atoms. The Morgan fingerprint density at radius 1 is 1.30 bits per heavy atom. The van der Waals surface area contributed by atoms with Crippen molar-refractivity contribution < 1.29 is 0 Å². The summed E-state index contributed by atoms with van der Waals surface area (Å²) >= 11 is 0. The standard InChI is InChI=1S/C14H22N6/c1-2-8-20-9-16-11-12(15)18-14(19-13(11)20)17-10-6-4-3-5-7-10/h9-10H,2-8H2,1H3,(H3,15,17,18,19). The van der Waals surface area contributed by atoms with E-state index < -0.39 is 0 Å². The molecule has 2 heterocycles. The lowest BCUT2D eigenvalue weighted by molar-refractivity contribution is 0.461. The van der Waals surface area contributed by atoms with E-state index in [2.05, 4.69) is 27.2 Å². The highest BCUT2D eigenvalue weighted by Crippen LogP contribution is 2.23. The fraction of sp³-hybridized carbons (Fsp3) is 0.643. The van der Waals surface area contributed by atoms with E-state index in [0.29, 0.717) is 23.3 Å². The first-order valence-electron chi connectivity index (χ1n) is 7.53. The van der Waals surface area contributed by atoms with Gasteiger partial charge in [0.25, 0.3) is 0 Å². The van der Waals surface area contributed by atoms with E-state index >= 15 is 0 Å². The number of hydrogen-bond acceptors (Lipinski definition) is 5. The normalized spacial score (nSPS) is 16.6. The molecule has 1 fully saturated rings. The van der Waals surface area contributed by atoms with Crippen LogP contribution in [0.5, 0.6) is 0 Å². The Balaban J connectivity index is 1.88. The number of nitrogens with zero attached hydrogens (tertiary/aromatic N) is 4. The van der Waals surface area contributed by atoms with Gasteiger partial charge in [-0.2, -0.15) is 9.97 Å². The van der Waals surface area contributed by atoms with Crippen molar-refractivity contribution in [3.63, 3.8) is 0 Å². The molecular weight excluding hydrogens is 252 g/mol. The summed E-state index contributed by atoms with van der Waals surface area (Å²) in [6.07, 6.45) is 9.12. The van der Waals surface area contributed by atoms with Crippen LogP contribution in [0.25, 0.3) is 11.2 Å². The van der Waals surface area contributed by atoms with Crippen LogP contribution in [0.2, 0.25) is 0 Å². The third kappa shape index (κ3) is 2.55. The van der Waals surface area contributed by atoms with Gasteiger partial charge in [-0.15, -0.1) is 0 Å². The fourth-order valence-electron chi connectivity index (χ4n) is 2.86. The maximum absolute atomic E-state index is 6.00. The smallest absolute Gasteiger partial charge is 0.226 e. The average Bonchev–Trinajstić information content (AvgIpc) is 2.84. The highest BCUT2D eigenvalue weighted by Gasteiger charge is 2.16. The Labute approximate surface area is 118 Å². The van der Waals surface area contributed by atoms with E-state index in [-0.39, 0.29) is 0 Å². The largest absolute Gasteiger partial charge is 0.382 e. The second-order valence-corrected chi connectivity index (χ2v) is 5.52. The number of nitrogens with two attached hydrogens (primary N) is 1. The predicted octanol–water partition coefficient (Wildman–Crippen LogP) is 2.56. The highest BCUT2D eigenvalue weighted by atomic mass is 15.2. The molecule has 1 aliphatic rings. The number of imidazole rings is 1. The van der Waals surface area contributed by atoms with Crippen LogP contribution < -0.4 is 11.1 Å². The summed E-state index contributed by atoms with van der Waals surface area (Å²) in [6, 6.07) is 0.475. The van der Waals surface area contributed by atoms with Gasteiger partial charge in [-0.25, -0.2) is 4.98 Å². The van der Waals surface area contributed by atoms with E-state index in [0.717, 1.165) is 18.6 Å². The summed E-state index contributed by atoms with van der Waals surface area (Å²) in [7, 11) is 0. The van der Waals surface area contributed by atoms with E-state index in [4.69, 9.17) is 5.73 Å². The molecule has 6 heteroatoms. The Morgan fingerprint density at radius 2 is 2.10 bits per heavy atom. The van der Waals surface area contributed by atoms with Crippen molar-refractivity contribution in [3.05, 3.63) is 6.33 Å². The first-order chi connectivity index (χ1) is 9.78. The van der Waals surface area contributed by atoms with Crippen LogP contribution in [0, 0.1) is 0 Å². The average molecular weight is 274 g/mol. The molecule has 3 N–H and O–H groups in total. The predicted molar refractivity (Wildman–Crippen MR) is 80.5 cm³/mol. The topological polar surface area (TPSA) is 81.7 Å². The van der Waals surface area contributed by atoms with Gasteiger partial charge in [-0.3, -0.25) is 0 Å². The van der Waals surface area contributed by atoms with Crippen molar-refractivity contribution in [2.75, 3.05) is 11.1 Å². The minimum Gasteiger partial charge on any atom is -0.382 e. The monoisotopic (exact) mass is 274 g/mol. The third-order valence-corrected chi connectivity index (χ3v) is 3.89. The first-order valence-corrected chi connectivity index (χ1v) is 7.53. The van der Waals surface area contributed by atoms with Crippen LogP contribution in [0.1, 0.15) is 45.4 Å². The number of nitrogens with one attached hydrogen (secondary N) is 1. The summed E-state index contributed by atoms with van der Waals surface area (Å²) in [5.41, 5.74) is 7.54. The number of aromatic nitrogens is 4. The molecule has 0 aromatic carbocycles. The lowest BCUT2D eigenvalue weighted by Gasteiger charge is -2.22. The van der Waals surface area contributed by atoms with Crippen molar-refractivity contribution in [1.29, 1.82) is 0 Å². The van der Waals surface area contributed by atoms with E-state index in [1.807, 2.05) is 4.57 Å². The number of rotatable bonds is 4. The van der Waals surface area contributed by atoms with Gasteiger partial charge in [0.2, 0.25) is 5.95 Å². The molecule has 2 aromatic heterocycles. The minimum atomic E-state index is 0.461. The van der Waals surface area contributed by atoms with Crippen molar-refractivity contribution in [1.82, 2.24) is 19.5 Å². The molecule has 0 radical (unpaired) electrons. The number of aryl methyl sites for hydroxylation is 1. The van der Waals surface area contributed by atoms with Gasteiger partial charge in [-0.05, 0) is 19.3 Å². The van der Waals surface area contributed by atoms with Gasteiger partial charge in [0.15, 0.2) is 11.5 Å². The SMILES string of the molecule is CCCn1cnc2c(N)nc(NC3CCCCC3)nc21. The number of fused-ring (bicyclic) bond motifs is 1. The summed E-state index contributed by atoms with van der Waals surface area (Å²) in [4.78, 5) is 13.3. The Kier molecular flexibility index (Phi) is 3.71. The lowest BCUT2D eigenvalue weighted by atomic mass is 9.96. The van der Waals surface area contributed by atoms with E-state index in [1.165, 1.54) is 32.1 Å². The molecule has 0 unspecified atom stereocenters. The van der Waals surface area contributed by atoms with Crippen molar-refractivity contribution in [3.8, 4) is 0 Å². The molecule has 3 rings (SSSR count). The van der Waals surface area contributed by atoms with Gasteiger partial charge in [-0.1, -0.05) is 26.2 Å². The summed E-state index contributed by atoms with van der Waals surface area (Å²) in [6.45, 7) is 3.04. The maximum atomic E-state index is 6.00. The molecule has 6 nitrogen and oxygen atoms in total. The van der Waals surface area contributed by atoms with Gasteiger partial charge >= 0.3 is 0 Å². The highest BCUT2D eigenvalue weighted by molar-refractivity contribution is 5.82. The van der Waals surface area contributed by atoms with Gasteiger partial charge < -0.3 is 15.6 Å². The molecule has 0 bridgehead atoms. The fourth-order valence-corrected chi connectivity index (χ4v) is 2.86. The summed E-state index contributed by atoms with van der Waals surface area (Å²) in [5, 5.41) is 3.43. The number of nitrogen functional groups attached to an aromatic ring is 1. The minimum absolute atomic E-state index is 0.461. The van der Waals surface area contributed by atoms with Crippen LogP contribution >= 0.6 is 0 Å². The second kappa shape index (κ2) is 5.64. The molecule has 2 aromatic rings. The molecular formula is C14H22N6. The van der Waals surface area contributed by atoms with Gasteiger partial charge in [0.1, 0.15) is 5.52 Å². The maximum Gasteiger partial charge on any atom is 0.226 e. The molecule has 0 aliphatic heterocycles. The zero-order valence-electron chi connectivity index (χ0n) is 12.0. The van der Waals surface area contributed by atoms with Crippen molar-refractivity contribution in [2.45, 2.75) is 58.0 Å².